The van der Waals surface area contributed by atoms with Crippen molar-refractivity contribution in [3.63, 3.8) is 0 Å². The summed E-state index contributed by atoms with van der Waals surface area (Å²) in [5, 5.41) is 14.0. The van der Waals surface area contributed by atoms with Gasteiger partial charge in [-0.2, -0.15) is 0 Å². The molecular weight excluding hydrogens is 256 g/mol. The molecule has 0 radical (unpaired) electrons. The van der Waals surface area contributed by atoms with E-state index in [1.54, 1.807) is 0 Å². The highest BCUT2D eigenvalue weighted by Crippen LogP contribution is 2.27. The average Bonchev–Trinajstić information content (AvgIpc) is 2.38. The van der Waals surface area contributed by atoms with Crippen LogP contribution in [0.3, 0.4) is 0 Å². The Morgan fingerprint density at radius 3 is 2.40 bits per heavy atom. The minimum atomic E-state index is -0.488. The van der Waals surface area contributed by atoms with Crippen LogP contribution in [0.5, 0.6) is 0 Å². The second-order valence-electron chi connectivity index (χ2n) is 5.43. The van der Waals surface area contributed by atoms with Crippen LogP contribution in [-0.4, -0.2) is 14.9 Å². The Hall–Kier alpha value is -2.50. The third kappa shape index (κ3) is 3.09. The highest BCUT2D eigenvalue weighted by Gasteiger charge is 2.23. The predicted octanol–water partition coefficient (Wildman–Crippen LogP) is 3.43. The molecule has 0 fully saturated rings. The highest BCUT2D eigenvalue weighted by molar-refractivity contribution is 5.64. The zero-order valence-electron chi connectivity index (χ0n) is 11.6. The Bertz CT molecular complexity index is 621. The number of aromatic nitrogens is 2. The van der Waals surface area contributed by atoms with Crippen molar-refractivity contribution >= 4 is 17.2 Å². The summed E-state index contributed by atoms with van der Waals surface area (Å²) in [4.78, 5) is 18.9. The van der Waals surface area contributed by atoms with Crippen LogP contribution >= 0.6 is 0 Å². The number of nitrogens with one attached hydrogen (secondary N) is 1. The standard InChI is InChI=1S/C14H16N4O2/c1-14(2,3)13-15-9-11(18(19)20)12(17-13)16-10-7-5-4-6-8-10/h4-9H,1-3H3,(H,15,16,17). The lowest BCUT2D eigenvalue weighted by atomic mass is 9.96. The van der Waals surface area contributed by atoms with Crippen molar-refractivity contribution in [2.75, 3.05) is 5.32 Å². The van der Waals surface area contributed by atoms with Gasteiger partial charge in [-0.15, -0.1) is 0 Å². The lowest BCUT2D eigenvalue weighted by Crippen LogP contribution is -2.17. The van der Waals surface area contributed by atoms with E-state index in [2.05, 4.69) is 15.3 Å². The molecule has 0 saturated heterocycles. The Morgan fingerprint density at radius 2 is 1.85 bits per heavy atom. The zero-order chi connectivity index (χ0) is 14.8. The van der Waals surface area contributed by atoms with Gasteiger partial charge < -0.3 is 5.32 Å². The summed E-state index contributed by atoms with van der Waals surface area (Å²) in [6.07, 6.45) is 1.25. The fourth-order valence-corrected chi connectivity index (χ4v) is 1.62. The van der Waals surface area contributed by atoms with Crippen molar-refractivity contribution in [2.24, 2.45) is 0 Å². The Balaban J connectivity index is 2.45. The molecule has 1 aromatic heterocycles. The highest BCUT2D eigenvalue weighted by atomic mass is 16.6. The van der Waals surface area contributed by atoms with Crippen LogP contribution in [-0.2, 0) is 5.41 Å². The second-order valence-corrected chi connectivity index (χ2v) is 5.43. The number of nitrogens with zero attached hydrogens (tertiary/aromatic N) is 3. The number of benzene rings is 1. The molecule has 0 amide bonds. The first-order valence-corrected chi connectivity index (χ1v) is 6.22. The minimum Gasteiger partial charge on any atom is -0.334 e. The molecule has 6 heteroatoms. The van der Waals surface area contributed by atoms with Crippen LogP contribution in [0.1, 0.15) is 26.6 Å². The fourth-order valence-electron chi connectivity index (χ4n) is 1.62. The maximum absolute atomic E-state index is 11.1. The molecule has 0 aliphatic carbocycles. The zero-order valence-corrected chi connectivity index (χ0v) is 11.6. The van der Waals surface area contributed by atoms with E-state index >= 15 is 0 Å². The first-order chi connectivity index (χ1) is 9.38. The second kappa shape index (κ2) is 5.24. The molecular formula is C14H16N4O2. The average molecular weight is 272 g/mol. The molecule has 1 heterocycles. The summed E-state index contributed by atoms with van der Waals surface area (Å²) in [5.74, 6) is 0.766. The van der Waals surface area contributed by atoms with Crippen LogP contribution in [0.4, 0.5) is 17.2 Å². The molecule has 1 aromatic carbocycles. The molecule has 0 aliphatic rings. The van der Waals surface area contributed by atoms with Gasteiger partial charge in [-0.3, -0.25) is 10.1 Å². The molecule has 0 saturated carbocycles. The van der Waals surface area contributed by atoms with Crippen molar-refractivity contribution in [1.82, 2.24) is 9.97 Å². The third-order valence-corrected chi connectivity index (χ3v) is 2.67. The molecule has 20 heavy (non-hydrogen) atoms. The van der Waals surface area contributed by atoms with Gasteiger partial charge in [-0.25, -0.2) is 9.97 Å². The van der Waals surface area contributed by atoms with Crippen LogP contribution in [0.2, 0.25) is 0 Å². The predicted molar refractivity (Wildman–Crippen MR) is 77.1 cm³/mol. The summed E-state index contributed by atoms with van der Waals surface area (Å²) in [5.41, 5.74) is 0.332. The van der Waals surface area contributed by atoms with Crippen LogP contribution in [0, 0.1) is 10.1 Å². The van der Waals surface area contributed by atoms with Crippen LogP contribution in [0.25, 0.3) is 0 Å². The number of para-hydroxylation sites is 1. The summed E-state index contributed by atoms with van der Waals surface area (Å²) in [6.45, 7) is 5.88. The summed E-state index contributed by atoms with van der Waals surface area (Å²) in [6, 6.07) is 9.21. The van der Waals surface area contributed by atoms with E-state index in [-0.39, 0.29) is 16.9 Å². The summed E-state index contributed by atoms with van der Waals surface area (Å²) >= 11 is 0. The summed E-state index contributed by atoms with van der Waals surface area (Å²) < 4.78 is 0. The maximum Gasteiger partial charge on any atom is 0.329 e. The van der Waals surface area contributed by atoms with E-state index in [1.807, 2.05) is 51.1 Å². The molecule has 2 aromatic rings. The van der Waals surface area contributed by atoms with Gasteiger partial charge in [-0.1, -0.05) is 39.0 Å². The Kier molecular flexibility index (Phi) is 3.65. The molecule has 0 unspecified atom stereocenters. The van der Waals surface area contributed by atoms with Crippen molar-refractivity contribution in [3.8, 4) is 0 Å². The SMILES string of the molecule is CC(C)(C)c1ncc([N+](=O)[O-])c(Nc2ccccc2)n1. The molecule has 0 atom stereocenters. The lowest BCUT2D eigenvalue weighted by molar-refractivity contribution is -0.384. The van der Waals surface area contributed by atoms with E-state index in [0.29, 0.717) is 5.82 Å². The van der Waals surface area contributed by atoms with Gasteiger partial charge in [0, 0.05) is 11.1 Å². The van der Waals surface area contributed by atoms with Gasteiger partial charge in [0.05, 0.1) is 4.92 Å². The molecule has 0 bridgehead atoms. The number of anilines is 2. The number of nitro groups is 1. The quantitative estimate of drug-likeness (QED) is 0.683. The topological polar surface area (TPSA) is 81.0 Å². The smallest absolute Gasteiger partial charge is 0.329 e. The van der Waals surface area contributed by atoms with Crippen LogP contribution < -0.4 is 5.32 Å². The number of hydrogen-bond donors (Lipinski definition) is 1. The fraction of sp³-hybridized carbons (Fsp3) is 0.286. The van der Waals surface area contributed by atoms with Gasteiger partial charge in [0.25, 0.3) is 0 Å². The summed E-state index contributed by atoms with van der Waals surface area (Å²) in [7, 11) is 0. The van der Waals surface area contributed by atoms with Gasteiger partial charge >= 0.3 is 5.69 Å². The molecule has 0 spiro atoms. The van der Waals surface area contributed by atoms with Crippen molar-refractivity contribution in [1.29, 1.82) is 0 Å². The minimum absolute atomic E-state index is 0.137. The Labute approximate surface area is 117 Å². The van der Waals surface area contributed by atoms with E-state index in [4.69, 9.17) is 0 Å². The first kappa shape index (κ1) is 13.9. The monoisotopic (exact) mass is 272 g/mol. The van der Waals surface area contributed by atoms with Crippen molar-refractivity contribution in [3.05, 3.63) is 52.5 Å². The third-order valence-electron chi connectivity index (χ3n) is 2.67. The molecule has 0 aliphatic heterocycles. The van der Waals surface area contributed by atoms with E-state index in [1.165, 1.54) is 6.20 Å². The number of rotatable bonds is 3. The Morgan fingerprint density at radius 1 is 1.20 bits per heavy atom. The normalized spacial score (nSPS) is 11.2. The van der Waals surface area contributed by atoms with Gasteiger partial charge in [-0.05, 0) is 12.1 Å². The lowest BCUT2D eigenvalue weighted by Gasteiger charge is -2.17. The maximum atomic E-state index is 11.1. The van der Waals surface area contributed by atoms with Gasteiger partial charge in [0.1, 0.15) is 12.0 Å². The van der Waals surface area contributed by atoms with Gasteiger partial charge in [0.15, 0.2) is 0 Å². The number of hydrogen-bond acceptors (Lipinski definition) is 5. The van der Waals surface area contributed by atoms with Crippen molar-refractivity contribution < 1.29 is 4.92 Å². The van der Waals surface area contributed by atoms with Gasteiger partial charge in [0.2, 0.25) is 5.82 Å². The first-order valence-electron chi connectivity index (χ1n) is 6.22. The van der Waals surface area contributed by atoms with Crippen LogP contribution in [0.15, 0.2) is 36.5 Å². The van der Waals surface area contributed by atoms with Crippen molar-refractivity contribution in [2.45, 2.75) is 26.2 Å². The molecule has 104 valence electrons. The van der Waals surface area contributed by atoms with E-state index in [9.17, 15) is 10.1 Å². The van der Waals surface area contributed by atoms with E-state index < -0.39 is 4.92 Å². The molecule has 2 rings (SSSR count). The molecule has 1 N–H and O–H groups in total. The van der Waals surface area contributed by atoms with E-state index in [0.717, 1.165) is 5.69 Å². The molecule has 6 nitrogen and oxygen atoms in total. The largest absolute Gasteiger partial charge is 0.334 e.